The van der Waals surface area contributed by atoms with Crippen LogP contribution in [0.4, 0.5) is 5.69 Å². The Labute approximate surface area is 145 Å². The summed E-state index contributed by atoms with van der Waals surface area (Å²) >= 11 is 6.08. The van der Waals surface area contributed by atoms with Crippen LogP contribution >= 0.6 is 11.6 Å². The number of benzene rings is 1. The van der Waals surface area contributed by atoms with Crippen molar-refractivity contribution in [3.05, 3.63) is 41.4 Å². The van der Waals surface area contributed by atoms with Crippen LogP contribution in [0.15, 0.2) is 36.4 Å². The maximum atomic E-state index is 13.1. The minimum Gasteiger partial charge on any atom is -0.274 e. The lowest BCUT2D eigenvalue weighted by atomic mass is 9.65. The van der Waals surface area contributed by atoms with Gasteiger partial charge in [0.15, 0.2) is 0 Å². The Morgan fingerprint density at radius 3 is 2.12 bits per heavy atom. The molecular formula is C20H18ClNO2. The van der Waals surface area contributed by atoms with Crippen molar-refractivity contribution in [3.8, 4) is 0 Å². The molecule has 2 amide bonds. The quantitative estimate of drug-likeness (QED) is 0.446. The highest BCUT2D eigenvalue weighted by molar-refractivity contribution is 6.31. The van der Waals surface area contributed by atoms with Gasteiger partial charge in [0.1, 0.15) is 0 Å². The summed E-state index contributed by atoms with van der Waals surface area (Å²) in [5.41, 5.74) is 0.637. The van der Waals surface area contributed by atoms with Gasteiger partial charge in [0, 0.05) is 5.02 Å². The number of hydrogen-bond donors (Lipinski definition) is 0. The smallest absolute Gasteiger partial charge is 0.237 e. The van der Waals surface area contributed by atoms with E-state index in [0.717, 1.165) is 6.42 Å². The van der Waals surface area contributed by atoms with Crippen LogP contribution < -0.4 is 4.90 Å². The Kier molecular flexibility index (Phi) is 2.46. The topological polar surface area (TPSA) is 37.4 Å². The van der Waals surface area contributed by atoms with Crippen LogP contribution in [0, 0.1) is 47.3 Å². The van der Waals surface area contributed by atoms with Crippen LogP contribution in [0.5, 0.6) is 0 Å². The molecule has 0 aromatic heterocycles. The fourth-order valence-corrected chi connectivity index (χ4v) is 7.17. The van der Waals surface area contributed by atoms with Gasteiger partial charge in [-0.05, 0) is 66.5 Å². The van der Waals surface area contributed by atoms with Gasteiger partial charge in [0.25, 0.3) is 0 Å². The number of imide groups is 1. The molecule has 122 valence electrons. The third-order valence-corrected chi connectivity index (χ3v) is 7.74. The second-order valence-corrected chi connectivity index (χ2v) is 8.65. The number of rotatable bonds is 1. The number of allylic oxidation sites excluding steroid dienone is 2. The first kappa shape index (κ1) is 13.7. The highest BCUT2D eigenvalue weighted by atomic mass is 35.5. The fraction of sp³-hybridized carbons (Fsp3) is 0.500. The zero-order chi connectivity index (χ0) is 16.2. The number of fused-ring (bicyclic) bond motifs is 12. The van der Waals surface area contributed by atoms with Gasteiger partial charge >= 0.3 is 0 Å². The summed E-state index contributed by atoms with van der Waals surface area (Å²) in [5, 5.41) is 0.562. The molecule has 1 aromatic rings. The summed E-state index contributed by atoms with van der Waals surface area (Å²) in [6.07, 6.45) is 7.08. The number of carbonyl (C=O) groups is 2. The van der Waals surface area contributed by atoms with Gasteiger partial charge in [-0.1, -0.05) is 29.8 Å². The van der Waals surface area contributed by atoms with Gasteiger partial charge in [-0.3, -0.25) is 9.59 Å². The Morgan fingerprint density at radius 1 is 0.917 bits per heavy atom. The molecule has 0 radical (unpaired) electrons. The molecular weight excluding hydrogens is 322 g/mol. The molecule has 5 aliphatic rings. The van der Waals surface area contributed by atoms with Crippen LogP contribution in [0.2, 0.25) is 5.02 Å². The summed E-state index contributed by atoms with van der Waals surface area (Å²) in [5.74, 6) is 3.26. The Morgan fingerprint density at radius 2 is 1.54 bits per heavy atom. The zero-order valence-electron chi connectivity index (χ0n) is 13.1. The Hall–Kier alpha value is -1.61. The normalized spacial score (nSPS) is 47.0. The first-order chi connectivity index (χ1) is 11.6. The highest BCUT2D eigenvalue weighted by Crippen LogP contribution is 2.70. The van der Waals surface area contributed by atoms with Crippen LogP contribution in [0.25, 0.3) is 0 Å². The van der Waals surface area contributed by atoms with Crippen molar-refractivity contribution in [3.63, 3.8) is 0 Å². The van der Waals surface area contributed by atoms with E-state index < -0.39 is 0 Å². The third-order valence-electron chi connectivity index (χ3n) is 7.50. The van der Waals surface area contributed by atoms with E-state index in [1.807, 2.05) is 6.07 Å². The highest BCUT2D eigenvalue weighted by Gasteiger charge is 2.71. The van der Waals surface area contributed by atoms with Gasteiger partial charge in [0.2, 0.25) is 11.8 Å². The Balaban J connectivity index is 1.42. The zero-order valence-corrected chi connectivity index (χ0v) is 13.9. The van der Waals surface area contributed by atoms with Gasteiger partial charge in [0.05, 0.1) is 17.5 Å². The Bertz CT molecular complexity index is 776. The molecule has 4 fully saturated rings. The first-order valence-corrected chi connectivity index (χ1v) is 9.34. The second kappa shape index (κ2) is 4.32. The molecule has 0 spiro atoms. The lowest BCUT2D eigenvalue weighted by Crippen LogP contribution is -2.38. The minimum atomic E-state index is -0.0875. The van der Waals surface area contributed by atoms with Crippen molar-refractivity contribution >= 4 is 29.1 Å². The monoisotopic (exact) mass is 339 g/mol. The number of anilines is 1. The van der Waals surface area contributed by atoms with Gasteiger partial charge < -0.3 is 0 Å². The first-order valence-electron chi connectivity index (χ1n) is 8.97. The molecule has 4 aliphatic carbocycles. The van der Waals surface area contributed by atoms with Gasteiger partial charge in [-0.25, -0.2) is 4.90 Å². The molecule has 1 aliphatic heterocycles. The lowest BCUT2D eigenvalue weighted by molar-refractivity contribution is -0.123. The molecule has 1 saturated heterocycles. The maximum absolute atomic E-state index is 13.1. The summed E-state index contributed by atoms with van der Waals surface area (Å²) in [6, 6.07) is 7.12. The van der Waals surface area contributed by atoms with E-state index in [4.69, 9.17) is 11.6 Å². The van der Waals surface area contributed by atoms with Crippen molar-refractivity contribution in [2.24, 2.45) is 47.3 Å². The van der Waals surface area contributed by atoms with Crippen LogP contribution in [0.3, 0.4) is 0 Å². The van der Waals surface area contributed by atoms with E-state index in [9.17, 15) is 9.59 Å². The minimum absolute atomic E-state index is 0.0185. The lowest BCUT2D eigenvalue weighted by Gasteiger charge is -2.36. The molecule has 0 N–H and O–H groups in total. The van der Waals surface area contributed by atoms with Crippen molar-refractivity contribution in [1.82, 2.24) is 0 Å². The van der Waals surface area contributed by atoms with Gasteiger partial charge in [-0.15, -0.1) is 0 Å². The predicted molar refractivity (Wildman–Crippen MR) is 90.2 cm³/mol. The summed E-state index contributed by atoms with van der Waals surface area (Å²) in [7, 11) is 0. The van der Waals surface area contributed by atoms with E-state index in [2.05, 4.69) is 12.2 Å². The van der Waals surface area contributed by atoms with Gasteiger partial charge in [-0.2, -0.15) is 0 Å². The molecule has 3 saturated carbocycles. The fourth-order valence-electron chi connectivity index (χ4n) is 6.99. The second-order valence-electron chi connectivity index (χ2n) is 8.21. The average Bonchev–Trinajstić information content (AvgIpc) is 3.33. The summed E-state index contributed by atoms with van der Waals surface area (Å²) in [6.45, 7) is 0. The molecule has 4 bridgehead atoms. The van der Waals surface area contributed by atoms with E-state index >= 15 is 0 Å². The number of halogens is 1. The van der Waals surface area contributed by atoms with Crippen molar-refractivity contribution < 1.29 is 9.59 Å². The standard InChI is InChI=1S/C20H18ClNO2/c21-11-2-1-3-12(7-11)22-19(23)17-13-8-14(18(17)20(22)24)16-10-5-4-9(6-10)15(13)16/h1-5,7,9-10,13-18H,6,8H2. The van der Waals surface area contributed by atoms with Crippen LogP contribution in [0.1, 0.15) is 12.8 Å². The predicted octanol–water partition coefficient (Wildman–Crippen LogP) is 3.53. The summed E-state index contributed by atoms with van der Waals surface area (Å²) in [4.78, 5) is 27.7. The van der Waals surface area contributed by atoms with E-state index in [-0.39, 0.29) is 23.7 Å². The molecule has 8 unspecified atom stereocenters. The number of carbonyl (C=O) groups excluding carboxylic acids is 2. The molecule has 1 aromatic carbocycles. The van der Waals surface area contributed by atoms with Crippen molar-refractivity contribution in [2.45, 2.75) is 12.8 Å². The number of amides is 2. The van der Waals surface area contributed by atoms with Crippen LogP contribution in [-0.2, 0) is 9.59 Å². The number of nitrogens with zero attached hydrogens (tertiary/aromatic N) is 1. The van der Waals surface area contributed by atoms with E-state index in [1.54, 1.807) is 18.2 Å². The van der Waals surface area contributed by atoms with E-state index in [0.29, 0.717) is 46.2 Å². The summed E-state index contributed by atoms with van der Waals surface area (Å²) < 4.78 is 0. The molecule has 4 heteroatoms. The molecule has 1 heterocycles. The van der Waals surface area contributed by atoms with Crippen LogP contribution in [-0.4, -0.2) is 11.8 Å². The molecule has 8 atom stereocenters. The molecule has 3 nitrogen and oxygen atoms in total. The van der Waals surface area contributed by atoms with Crippen molar-refractivity contribution in [1.29, 1.82) is 0 Å². The molecule has 24 heavy (non-hydrogen) atoms. The maximum Gasteiger partial charge on any atom is 0.237 e. The SMILES string of the molecule is O=C1C2C3CC(C2C(=O)N1c1cccc(Cl)c1)C1C2C=CC(C2)C31. The average molecular weight is 340 g/mol. The van der Waals surface area contributed by atoms with E-state index in [1.165, 1.54) is 11.3 Å². The third kappa shape index (κ3) is 1.42. The number of hydrogen-bond acceptors (Lipinski definition) is 2. The molecule has 6 rings (SSSR count). The largest absolute Gasteiger partial charge is 0.274 e. The van der Waals surface area contributed by atoms with Crippen molar-refractivity contribution in [2.75, 3.05) is 4.90 Å².